The molecule has 13 heteroatoms. The summed E-state index contributed by atoms with van der Waals surface area (Å²) in [5, 5.41) is 11.6. The highest BCUT2D eigenvalue weighted by Crippen LogP contribution is 2.55. The number of Topliss-reactive ketones (excluding diaryl/α,β-unsaturated/α-hetero) is 1. The van der Waals surface area contributed by atoms with Crippen molar-refractivity contribution in [2.75, 3.05) is 12.1 Å². The van der Waals surface area contributed by atoms with Gasteiger partial charge < -0.3 is 9.84 Å². The van der Waals surface area contributed by atoms with Gasteiger partial charge in [0.1, 0.15) is 17.2 Å². The van der Waals surface area contributed by atoms with E-state index in [1.165, 1.54) is 25.5 Å². The highest BCUT2D eigenvalue weighted by atomic mass is 35.5. The summed E-state index contributed by atoms with van der Waals surface area (Å²) in [4.78, 5) is 58.6. The first-order chi connectivity index (χ1) is 21.8. The van der Waals surface area contributed by atoms with Crippen LogP contribution in [0.2, 0.25) is 5.02 Å². The van der Waals surface area contributed by atoms with Gasteiger partial charge >= 0.3 is 6.18 Å². The van der Waals surface area contributed by atoms with Crippen molar-refractivity contribution in [3.63, 3.8) is 0 Å². The van der Waals surface area contributed by atoms with Gasteiger partial charge in [0.15, 0.2) is 17.4 Å². The number of phenols is 1. The molecule has 9 nitrogen and oxygen atoms in total. The molecule has 0 radical (unpaired) electrons. The number of benzene rings is 1. The minimum atomic E-state index is -4.79. The summed E-state index contributed by atoms with van der Waals surface area (Å²) in [5.74, 6) is -5.06. The molecule has 2 amide bonds. The number of imide groups is 1. The van der Waals surface area contributed by atoms with Crippen molar-refractivity contribution in [1.29, 1.82) is 0 Å². The average molecular weight is 652 g/mol. The Morgan fingerprint density at radius 2 is 1.85 bits per heavy atom. The fraction of sp³-hybridized carbons (Fsp3) is 0.303. The van der Waals surface area contributed by atoms with E-state index in [4.69, 9.17) is 16.3 Å². The number of aromatic nitrogens is 1. The van der Waals surface area contributed by atoms with Crippen molar-refractivity contribution in [3.05, 3.63) is 92.9 Å². The SMILES string of the molecule is CC1=CC(=O)C2=C(C1=O)C(C1=COc3ccc(O)cc3C1)C1=CCC3C(=O)N(N(C)c4nc(C(F)(F)F)ccc4Cl)C(=O)C3C1C2. The smallest absolute Gasteiger partial charge is 0.433 e. The van der Waals surface area contributed by atoms with Crippen LogP contribution in [0.15, 0.2) is 76.6 Å². The second kappa shape index (κ2) is 10.4. The standard InChI is InChI=1S/C33H25ClF3N3O6/c1-14-9-23(42)21-12-20-18(26(28(21)29(14)43)16-10-15-11-17(41)3-7-24(15)46-13-16)4-5-19-27(20)32(45)40(31(19)44)39(2)30-22(34)6-8-25(38-30)33(35,36)37/h3-4,6-9,11,13,19-20,26-27,41H,5,10,12H2,1-2H3. The van der Waals surface area contributed by atoms with E-state index < -0.39 is 53.2 Å². The number of anilines is 1. The molecule has 2 aliphatic heterocycles. The Morgan fingerprint density at radius 1 is 1.09 bits per heavy atom. The molecule has 236 valence electrons. The van der Waals surface area contributed by atoms with E-state index in [1.807, 2.05) is 6.08 Å². The zero-order valence-electron chi connectivity index (χ0n) is 24.4. The number of ketones is 2. The highest BCUT2D eigenvalue weighted by molar-refractivity contribution is 6.33. The normalized spacial score (nSPS) is 25.6. The molecule has 4 atom stereocenters. The summed E-state index contributed by atoms with van der Waals surface area (Å²) in [7, 11) is 1.24. The average Bonchev–Trinajstić information content (AvgIpc) is 3.27. The fourth-order valence-electron chi connectivity index (χ4n) is 7.36. The number of carbonyl (C=O) groups is 4. The van der Waals surface area contributed by atoms with Crippen LogP contribution in [0.25, 0.3) is 0 Å². The number of halogens is 4. The molecule has 0 bridgehead atoms. The second-order valence-corrected chi connectivity index (χ2v) is 12.4. The summed E-state index contributed by atoms with van der Waals surface area (Å²) in [6.07, 6.45) is 0.272. The zero-order chi connectivity index (χ0) is 32.8. The minimum Gasteiger partial charge on any atom is -0.508 e. The topological polar surface area (TPSA) is 117 Å². The molecular formula is C33H25ClF3N3O6. The van der Waals surface area contributed by atoms with Crippen LogP contribution in [0, 0.1) is 23.7 Å². The molecule has 1 saturated heterocycles. The lowest BCUT2D eigenvalue weighted by molar-refractivity contribution is -0.141. The van der Waals surface area contributed by atoms with Crippen LogP contribution in [0.3, 0.4) is 0 Å². The molecule has 1 fully saturated rings. The molecule has 7 rings (SSSR count). The number of fused-ring (bicyclic) bond motifs is 4. The van der Waals surface area contributed by atoms with Crippen LogP contribution in [-0.4, -0.2) is 45.5 Å². The molecule has 2 aromatic rings. The number of rotatable bonds is 3. The predicted octanol–water partition coefficient (Wildman–Crippen LogP) is 5.29. The third kappa shape index (κ3) is 4.49. The van der Waals surface area contributed by atoms with Crippen LogP contribution in [0.5, 0.6) is 11.5 Å². The Bertz CT molecular complexity index is 1910. The number of alkyl halides is 3. The summed E-state index contributed by atoms with van der Waals surface area (Å²) in [5.41, 5.74) is 1.59. The van der Waals surface area contributed by atoms with E-state index in [-0.39, 0.29) is 52.7 Å². The van der Waals surface area contributed by atoms with Gasteiger partial charge in [-0.25, -0.2) is 4.98 Å². The van der Waals surface area contributed by atoms with E-state index >= 15 is 0 Å². The Kier molecular flexibility index (Phi) is 6.78. The number of hydrazine groups is 1. The first-order valence-electron chi connectivity index (χ1n) is 14.5. The quantitative estimate of drug-likeness (QED) is 0.270. The lowest BCUT2D eigenvalue weighted by atomic mass is 9.58. The lowest BCUT2D eigenvalue weighted by Gasteiger charge is -2.43. The van der Waals surface area contributed by atoms with E-state index in [0.717, 1.165) is 16.1 Å². The van der Waals surface area contributed by atoms with E-state index in [9.17, 15) is 37.5 Å². The number of allylic oxidation sites excluding steroid dienone is 7. The molecule has 46 heavy (non-hydrogen) atoms. The predicted molar refractivity (Wildman–Crippen MR) is 157 cm³/mol. The number of carbonyl (C=O) groups excluding carboxylic acids is 4. The van der Waals surface area contributed by atoms with Gasteiger partial charge in [0.2, 0.25) is 0 Å². The second-order valence-electron chi connectivity index (χ2n) is 12.0. The van der Waals surface area contributed by atoms with Crippen LogP contribution in [0.1, 0.15) is 31.0 Å². The number of pyridine rings is 1. The third-order valence-corrected chi connectivity index (χ3v) is 9.71. The number of phenolic OH excluding ortho intramolecular Hbond substituents is 1. The van der Waals surface area contributed by atoms with Gasteiger partial charge in [0.25, 0.3) is 11.8 Å². The highest BCUT2D eigenvalue weighted by Gasteiger charge is 2.58. The van der Waals surface area contributed by atoms with E-state index in [0.29, 0.717) is 34.1 Å². The van der Waals surface area contributed by atoms with Crippen molar-refractivity contribution in [3.8, 4) is 11.5 Å². The van der Waals surface area contributed by atoms with Crippen LogP contribution < -0.4 is 9.75 Å². The summed E-state index contributed by atoms with van der Waals surface area (Å²) >= 11 is 6.20. The third-order valence-electron chi connectivity index (χ3n) is 9.41. The maximum Gasteiger partial charge on any atom is 0.433 e. The van der Waals surface area contributed by atoms with Crippen LogP contribution in [0.4, 0.5) is 19.0 Å². The number of hydrogen-bond acceptors (Lipinski definition) is 8. The van der Waals surface area contributed by atoms with Gasteiger partial charge in [-0.1, -0.05) is 23.3 Å². The Morgan fingerprint density at radius 3 is 2.59 bits per heavy atom. The molecule has 5 aliphatic rings. The Labute approximate surface area is 265 Å². The summed E-state index contributed by atoms with van der Waals surface area (Å²) < 4.78 is 46.3. The lowest BCUT2D eigenvalue weighted by Crippen LogP contribution is -2.46. The Balaban J connectivity index is 1.29. The first kappa shape index (κ1) is 30.0. The molecule has 1 aromatic heterocycles. The first-order valence-corrected chi connectivity index (χ1v) is 14.9. The summed E-state index contributed by atoms with van der Waals surface area (Å²) in [6.45, 7) is 1.57. The molecule has 1 N–H and O–H groups in total. The molecule has 3 aliphatic carbocycles. The van der Waals surface area contributed by atoms with Gasteiger partial charge in [0.05, 0.1) is 23.1 Å². The van der Waals surface area contributed by atoms with Gasteiger partial charge in [-0.2, -0.15) is 18.2 Å². The molecule has 0 spiro atoms. The Hall–Kier alpha value is -4.71. The van der Waals surface area contributed by atoms with Crippen molar-refractivity contribution in [2.45, 2.75) is 32.4 Å². The van der Waals surface area contributed by atoms with Crippen LogP contribution in [-0.2, 0) is 31.8 Å². The monoisotopic (exact) mass is 651 g/mol. The van der Waals surface area contributed by atoms with Gasteiger partial charge in [-0.3, -0.25) is 24.2 Å². The fourth-order valence-corrected chi connectivity index (χ4v) is 7.59. The van der Waals surface area contributed by atoms with Crippen molar-refractivity contribution in [1.82, 2.24) is 9.99 Å². The van der Waals surface area contributed by atoms with Crippen molar-refractivity contribution < 1.29 is 42.2 Å². The number of amides is 2. The molecular weight excluding hydrogens is 627 g/mol. The van der Waals surface area contributed by atoms with E-state index in [1.54, 1.807) is 19.1 Å². The van der Waals surface area contributed by atoms with Gasteiger partial charge in [-0.05, 0) is 67.7 Å². The van der Waals surface area contributed by atoms with E-state index in [2.05, 4.69) is 4.98 Å². The van der Waals surface area contributed by atoms with Gasteiger partial charge in [-0.15, -0.1) is 0 Å². The van der Waals surface area contributed by atoms with Crippen LogP contribution >= 0.6 is 11.6 Å². The van der Waals surface area contributed by atoms with Crippen molar-refractivity contribution >= 4 is 40.8 Å². The number of nitrogens with zero attached hydrogens (tertiary/aromatic N) is 3. The maximum absolute atomic E-state index is 14.2. The minimum absolute atomic E-state index is 0.0256. The number of hydrogen-bond donors (Lipinski definition) is 1. The molecule has 3 heterocycles. The summed E-state index contributed by atoms with van der Waals surface area (Å²) in [6, 6.07) is 6.38. The molecule has 4 unspecified atom stereocenters. The largest absolute Gasteiger partial charge is 0.508 e. The number of ether oxygens (including phenoxy) is 1. The van der Waals surface area contributed by atoms with Crippen molar-refractivity contribution in [2.24, 2.45) is 23.7 Å². The number of aromatic hydroxyl groups is 1. The van der Waals surface area contributed by atoms with Gasteiger partial charge in [0, 0.05) is 41.7 Å². The zero-order valence-corrected chi connectivity index (χ0v) is 25.1. The maximum atomic E-state index is 14.2. The molecule has 0 saturated carbocycles. The molecule has 1 aromatic carbocycles.